The number of carbonyl (C=O) groups excluding carboxylic acids is 1. The Hall–Kier alpha value is -2.91. The number of carboxylic acids is 1. The monoisotopic (exact) mass is 565 g/mol. The topological polar surface area (TPSA) is 73.3 Å². The lowest BCUT2D eigenvalue weighted by Crippen LogP contribution is -2.52. The Kier molecular flexibility index (Phi) is 8.63. The minimum Gasteiger partial charge on any atom is -0.481 e. The van der Waals surface area contributed by atoms with Crippen molar-refractivity contribution in [3.8, 4) is 0 Å². The molecule has 214 valence electrons. The second-order valence-corrected chi connectivity index (χ2v) is 9.06. The Balaban J connectivity index is 1.64. The second kappa shape index (κ2) is 11.1. The van der Waals surface area contributed by atoms with E-state index >= 15 is 0 Å². The van der Waals surface area contributed by atoms with Gasteiger partial charge in [-0.1, -0.05) is 6.07 Å². The Morgan fingerprint density at radius 2 is 1.45 bits per heavy atom. The number of alkyl halides is 9. The zero-order valence-electron chi connectivity index (χ0n) is 19.7. The quantitative estimate of drug-likeness (QED) is 0.520. The van der Waals surface area contributed by atoms with Gasteiger partial charge in [-0.05, 0) is 30.5 Å². The fraction of sp³-hybridized carbons (Fsp3) is 0.636. The van der Waals surface area contributed by atoms with Gasteiger partial charge in [-0.25, -0.2) is 4.79 Å². The van der Waals surface area contributed by atoms with E-state index in [1.165, 1.54) is 17.0 Å². The van der Waals surface area contributed by atoms with E-state index in [0.717, 1.165) is 6.07 Å². The van der Waals surface area contributed by atoms with Gasteiger partial charge in [0.15, 0.2) is 0 Å². The minimum absolute atomic E-state index is 0.0260. The molecule has 0 aliphatic carbocycles. The summed E-state index contributed by atoms with van der Waals surface area (Å²) in [4.78, 5) is 26.9. The van der Waals surface area contributed by atoms with Gasteiger partial charge in [0.05, 0.1) is 11.5 Å². The minimum atomic E-state index is -5.83. The van der Waals surface area contributed by atoms with Gasteiger partial charge in [0, 0.05) is 51.5 Å². The molecule has 0 bridgehead atoms. The largest absolute Gasteiger partial charge is 0.481 e. The van der Waals surface area contributed by atoms with Crippen LogP contribution in [0.2, 0.25) is 0 Å². The van der Waals surface area contributed by atoms with Gasteiger partial charge in [0.2, 0.25) is 0 Å². The summed E-state index contributed by atoms with van der Waals surface area (Å²) in [7, 11) is 0. The third kappa shape index (κ3) is 7.35. The van der Waals surface area contributed by atoms with Crippen molar-refractivity contribution in [2.24, 2.45) is 5.92 Å². The second-order valence-electron chi connectivity index (χ2n) is 9.06. The first-order chi connectivity index (χ1) is 17.5. The molecule has 1 amide bonds. The van der Waals surface area contributed by atoms with Crippen LogP contribution in [0.15, 0.2) is 18.2 Å². The molecule has 1 N–H and O–H groups in total. The molecule has 0 radical (unpaired) electrons. The number of piperazine rings is 1. The van der Waals surface area contributed by atoms with Gasteiger partial charge in [0.25, 0.3) is 6.10 Å². The molecule has 0 saturated carbocycles. The van der Waals surface area contributed by atoms with E-state index < -0.39 is 48.2 Å². The molecule has 1 aromatic rings. The molecule has 38 heavy (non-hydrogen) atoms. The first-order valence-corrected chi connectivity index (χ1v) is 11.5. The van der Waals surface area contributed by atoms with Gasteiger partial charge in [0.1, 0.15) is 0 Å². The summed E-state index contributed by atoms with van der Waals surface area (Å²) in [5.41, 5.74) is -0.531. The van der Waals surface area contributed by atoms with Crippen LogP contribution in [-0.4, -0.2) is 84.7 Å². The van der Waals surface area contributed by atoms with Crippen molar-refractivity contribution in [3.63, 3.8) is 0 Å². The van der Waals surface area contributed by atoms with Gasteiger partial charge >= 0.3 is 30.6 Å². The molecule has 0 spiro atoms. The number of hydrogen-bond donors (Lipinski definition) is 1. The van der Waals surface area contributed by atoms with Crippen LogP contribution >= 0.6 is 0 Å². The van der Waals surface area contributed by atoms with E-state index in [2.05, 4.69) is 4.74 Å². The molecular weight excluding hydrogens is 541 g/mol. The van der Waals surface area contributed by atoms with Crippen LogP contribution in [0, 0.1) is 5.92 Å². The number of carboxylic acid groups (broad SMARTS) is 1. The van der Waals surface area contributed by atoms with Crippen LogP contribution in [0.25, 0.3) is 0 Å². The van der Waals surface area contributed by atoms with Crippen molar-refractivity contribution in [3.05, 3.63) is 29.3 Å². The highest BCUT2D eigenvalue weighted by atomic mass is 19.4. The molecule has 2 fully saturated rings. The van der Waals surface area contributed by atoms with E-state index in [1.807, 2.05) is 0 Å². The molecule has 0 atom stereocenters. The number of aliphatic carboxylic acids is 1. The van der Waals surface area contributed by atoms with E-state index in [9.17, 15) is 49.1 Å². The van der Waals surface area contributed by atoms with Crippen LogP contribution in [0.5, 0.6) is 0 Å². The number of carbonyl (C=O) groups is 2. The molecule has 1 aromatic carbocycles. The first kappa shape index (κ1) is 29.6. The highest BCUT2D eigenvalue weighted by Gasteiger charge is 2.60. The normalized spacial score (nSPS) is 18.7. The summed E-state index contributed by atoms with van der Waals surface area (Å²) in [6, 6.07) is 3.51. The highest BCUT2D eigenvalue weighted by molar-refractivity contribution is 5.70. The van der Waals surface area contributed by atoms with E-state index in [-0.39, 0.29) is 64.3 Å². The van der Waals surface area contributed by atoms with E-state index in [1.54, 1.807) is 4.90 Å². The molecule has 3 rings (SSSR count). The molecule has 2 heterocycles. The lowest BCUT2D eigenvalue weighted by Gasteiger charge is -2.36. The Bertz CT molecular complexity index is 983. The van der Waals surface area contributed by atoms with Gasteiger partial charge < -0.3 is 19.6 Å². The van der Waals surface area contributed by atoms with Gasteiger partial charge in [-0.2, -0.15) is 39.5 Å². The number of ether oxygens (including phenoxy) is 1. The number of benzene rings is 1. The first-order valence-electron chi connectivity index (χ1n) is 11.5. The molecular formula is C22H24F9N3O4. The number of anilines is 1. The summed E-state index contributed by atoms with van der Waals surface area (Å²) < 4.78 is 120. The summed E-state index contributed by atoms with van der Waals surface area (Å²) in [5.74, 6) is -1.65. The Morgan fingerprint density at radius 1 is 0.895 bits per heavy atom. The standard InChI is InChI=1S/C22H24F9N3O4/c23-20(24,25)15-2-1-13(11-16(15)33-5-3-14(4-6-33)17(35)36)12-32-7-9-34(10-8-32)19(37)38-18(21(26,27)28)22(29,30)31/h1-2,11,14,18H,3-10,12H2,(H,35,36). The molecule has 7 nitrogen and oxygen atoms in total. The van der Waals surface area contributed by atoms with Crippen LogP contribution < -0.4 is 4.90 Å². The Morgan fingerprint density at radius 3 is 1.92 bits per heavy atom. The SMILES string of the molecule is O=C(O)C1CCN(c2cc(CN3CCN(C(=O)OC(C(F)(F)F)C(F)(F)F)CC3)ccc2C(F)(F)F)CC1. The maximum absolute atomic E-state index is 13.6. The number of rotatable bonds is 5. The predicted octanol–water partition coefficient (Wildman–Crippen LogP) is 4.75. The molecule has 16 heteroatoms. The third-order valence-corrected chi connectivity index (χ3v) is 6.40. The molecule has 0 aromatic heterocycles. The number of halogens is 9. The van der Waals surface area contributed by atoms with Crippen molar-refractivity contribution in [1.82, 2.24) is 9.80 Å². The third-order valence-electron chi connectivity index (χ3n) is 6.40. The summed E-state index contributed by atoms with van der Waals surface area (Å²) >= 11 is 0. The number of piperidine rings is 1. The van der Waals surface area contributed by atoms with Crippen LogP contribution in [0.3, 0.4) is 0 Å². The lowest BCUT2D eigenvalue weighted by atomic mass is 9.95. The zero-order chi connectivity index (χ0) is 28.5. The van der Waals surface area contributed by atoms with E-state index in [4.69, 9.17) is 5.11 Å². The predicted molar refractivity (Wildman–Crippen MR) is 113 cm³/mol. The van der Waals surface area contributed by atoms with Crippen molar-refractivity contribution in [2.45, 2.75) is 44.0 Å². The fourth-order valence-electron chi connectivity index (χ4n) is 4.39. The molecule has 2 aliphatic heterocycles. The molecule has 0 unspecified atom stereocenters. The average Bonchev–Trinajstić information content (AvgIpc) is 2.80. The van der Waals surface area contributed by atoms with Crippen molar-refractivity contribution in [2.75, 3.05) is 44.2 Å². The number of nitrogens with zero attached hydrogens (tertiary/aromatic N) is 3. The van der Waals surface area contributed by atoms with E-state index in [0.29, 0.717) is 10.5 Å². The van der Waals surface area contributed by atoms with Crippen LogP contribution in [-0.2, 0) is 22.3 Å². The number of hydrogen-bond acceptors (Lipinski definition) is 5. The smallest absolute Gasteiger partial charge is 0.434 e. The number of amides is 1. The summed E-state index contributed by atoms with van der Waals surface area (Å²) in [6.45, 7) is -0.124. The van der Waals surface area contributed by atoms with Crippen LogP contribution in [0.1, 0.15) is 24.0 Å². The fourth-order valence-corrected chi connectivity index (χ4v) is 4.39. The average molecular weight is 565 g/mol. The van der Waals surface area contributed by atoms with Crippen molar-refractivity contribution < 1.29 is 58.9 Å². The highest BCUT2D eigenvalue weighted by Crippen LogP contribution is 2.39. The van der Waals surface area contributed by atoms with Gasteiger partial charge in [-0.3, -0.25) is 9.69 Å². The molecule has 2 saturated heterocycles. The van der Waals surface area contributed by atoms with Crippen LogP contribution in [0.4, 0.5) is 50.0 Å². The summed E-state index contributed by atoms with van der Waals surface area (Å²) in [6.07, 6.45) is -22.0. The van der Waals surface area contributed by atoms with Crippen molar-refractivity contribution in [1.29, 1.82) is 0 Å². The van der Waals surface area contributed by atoms with Gasteiger partial charge in [-0.15, -0.1) is 0 Å². The van der Waals surface area contributed by atoms with Crippen molar-refractivity contribution >= 4 is 17.7 Å². The summed E-state index contributed by atoms with van der Waals surface area (Å²) in [5, 5.41) is 9.14. The Labute approximate surface area is 210 Å². The maximum Gasteiger partial charge on any atom is 0.434 e. The lowest BCUT2D eigenvalue weighted by molar-refractivity contribution is -0.308. The molecule has 2 aliphatic rings. The zero-order valence-corrected chi connectivity index (χ0v) is 19.7. The maximum atomic E-state index is 13.6.